The predicted molar refractivity (Wildman–Crippen MR) is 91.7 cm³/mol. The van der Waals surface area contributed by atoms with Crippen molar-refractivity contribution >= 4 is 11.0 Å². The van der Waals surface area contributed by atoms with Crippen LogP contribution >= 0.6 is 0 Å². The van der Waals surface area contributed by atoms with Gasteiger partial charge in [-0.05, 0) is 37.2 Å². The van der Waals surface area contributed by atoms with Gasteiger partial charge in [0, 0.05) is 33.7 Å². The molecule has 1 aliphatic rings. The fourth-order valence-electron chi connectivity index (χ4n) is 3.15. The van der Waals surface area contributed by atoms with Crippen LogP contribution in [0.4, 0.5) is 0 Å². The number of imidazole rings is 1. The molecule has 2 aromatic rings. The predicted octanol–water partition coefficient (Wildman–Crippen LogP) is -5.30. The van der Waals surface area contributed by atoms with E-state index in [9.17, 15) is 4.79 Å². The van der Waals surface area contributed by atoms with E-state index >= 15 is 0 Å². The third-order valence-electron chi connectivity index (χ3n) is 4.60. The van der Waals surface area contributed by atoms with Crippen LogP contribution in [0.25, 0.3) is 11.0 Å². The monoisotopic (exact) mass is 388 g/mol. The van der Waals surface area contributed by atoms with Crippen molar-refractivity contribution < 1.29 is 29.6 Å². The molecule has 8 heteroatoms. The molecule has 1 N–H and O–H groups in total. The third kappa shape index (κ3) is 5.21. The Morgan fingerprint density at radius 2 is 1.76 bits per heavy atom. The van der Waals surface area contributed by atoms with Crippen molar-refractivity contribution in [3.8, 4) is 0 Å². The van der Waals surface area contributed by atoms with E-state index in [-0.39, 0.29) is 30.5 Å². The molecule has 1 fully saturated rings. The van der Waals surface area contributed by atoms with E-state index in [0.717, 1.165) is 63.4 Å². The molecule has 142 valence electrons. The van der Waals surface area contributed by atoms with E-state index in [4.69, 9.17) is 4.74 Å². The second-order valence-electron chi connectivity index (χ2n) is 6.21. The van der Waals surface area contributed by atoms with Gasteiger partial charge in [-0.15, -0.1) is 0 Å². The number of morpholine rings is 1. The van der Waals surface area contributed by atoms with Gasteiger partial charge in [0.2, 0.25) is 0 Å². The van der Waals surface area contributed by atoms with Gasteiger partial charge in [0.1, 0.15) is 0 Å². The minimum Gasteiger partial charge on any atom is -1.00 e. The van der Waals surface area contributed by atoms with Crippen LogP contribution < -0.4 is 35.8 Å². The zero-order valence-electron chi connectivity index (χ0n) is 14.8. The highest BCUT2D eigenvalue weighted by Gasteiger charge is 2.09. The van der Waals surface area contributed by atoms with Gasteiger partial charge in [0.05, 0.1) is 24.2 Å². The fraction of sp³-hybridized carbons (Fsp3) is 0.588. The van der Waals surface area contributed by atoms with Gasteiger partial charge >= 0.3 is 5.69 Å². The fourth-order valence-corrected chi connectivity index (χ4v) is 3.15. The molecule has 0 amide bonds. The summed E-state index contributed by atoms with van der Waals surface area (Å²) >= 11 is 0. The van der Waals surface area contributed by atoms with Gasteiger partial charge in [-0.25, -0.2) is 4.79 Å². The van der Waals surface area contributed by atoms with Crippen molar-refractivity contribution in [1.29, 1.82) is 0 Å². The van der Waals surface area contributed by atoms with Gasteiger partial charge < -0.3 is 34.9 Å². The van der Waals surface area contributed by atoms with Crippen molar-refractivity contribution in [2.75, 3.05) is 39.4 Å². The number of rotatable bonds is 6. The lowest BCUT2D eigenvalue weighted by molar-refractivity contribution is -0.00100. The van der Waals surface area contributed by atoms with E-state index in [1.165, 1.54) is 5.56 Å². The summed E-state index contributed by atoms with van der Waals surface area (Å²) in [4.78, 5) is 14.4. The van der Waals surface area contributed by atoms with Crippen LogP contribution in [-0.2, 0) is 25.4 Å². The standard InChI is InChI=1S/C17H26N4O2.2ClH/c1-19-15-5-4-14(12-16(15)20(2)17(19)22)13-18-6-3-7-21-8-10-23-11-9-21;;/h4-5,12,18H,3,6-11,13H2,1-2H3;2*1H/p-2. The summed E-state index contributed by atoms with van der Waals surface area (Å²) in [6.07, 6.45) is 1.14. The number of aromatic nitrogens is 2. The minimum atomic E-state index is 0. The summed E-state index contributed by atoms with van der Waals surface area (Å²) in [5.74, 6) is 0. The smallest absolute Gasteiger partial charge is 0.328 e. The lowest BCUT2D eigenvalue weighted by Crippen LogP contribution is -3.00. The van der Waals surface area contributed by atoms with Crippen molar-refractivity contribution in [2.24, 2.45) is 14.1 Å². The number of nitrogens with one attached hydrogen (secondary N) is 1. The van der Waals surface area contributed by atoms with E-state index in [1.54, 1.807) is 9.13 Å². The molecule has 1 aromatic heterocycles. The third-order valence-corrected chi connectivity index (χ3v) is 4.60. The first kappa shape index (κ1) is 22.0. The highest BCUT2D eigenvalue weighted by atomic mass is 35.5. The Balaban J connectivity index is 0.00000156. The number of ether oxygens (including phenoxy) is 1. The van der Waals surface area contributed by atoms with Gasteiger partial charge in [-0.2, -0.15) is 0 Å². The van der Waals surface area contributed by atoms with Crippen molar-refractivity contribution in [1.82, 2.24) is 19.4 Å². The highest BCUT2D eigenvalue weighted by Crippen LogP contribution is 2.13. The molecule has 0 radical (unpaired) electrons. The Morgan fingerprint density at radius 1 is 1.08 bits per heavy atom. The normalized spacial score (nSPS) is 15.0. The van der Waals surface area contributed by atoms with Crippen molar-refractivity contribution in [2.45, 2.75) is 13.0 Å². The molecule has 25 heavy (non-hydrogen) atoms. The molecule has 6 nitrogen and oxygen atoms in total. The molecule has 1 aliphatic heterocycles. The number of halogens is 2. The highest BCUT2D eigenvalue weighted by molar-refractivity contribution is 5.76. The number of nitrogens with zero attached hydrogens (tertiary/aromatic N) is 3. The average molecular weight is 389 g/mol. The Kier molecular flexibility index (Phi) is 8.96. The van der Waals surface area contributed by atoms with Crippen LogP contribution in [-0.4, -0.2) is 53.4 Å². The van der Waals surface area contributed by atoms with Crippen LogP contribution in [0.1, 0.15) is 12.0 Å². The molecule has 0 unspecified atom stereocenters. The van der Waals surface area contributed by atoms with Gasteiger partial charge in [0.15, 0.2) is 0 Å². The quantitative estimate of drug-likeness (QED) is 0.502. The molecular weight excluding hydrogens is 363 g/mol. The average Bonchev–Trinajstić information content (AvgIpc) is 2.80. The summed E-state index contributed by atoms with van der Waals surface area (Å²) < 4.78 is 8.75. The molecule has 0 bridgehead atoms. The summed E-state index contributed by atoms with van der Waals surface area (Å²) in [5, 5.41) is 3.49. The van der Waals surface area contributed by atoms with Crippen molar-refractivity contribution in [3.63, 3.8) is 0 Å². The first-order chi connectivity index (χ1) is 11.2. The maximum absolute atomic E-state index is 11.9. The Hall–Kier alpha value is -1.05. The maximum atomic E-state index is 11.9. The van der Waals surface area contributed by atoms with E-state index in [0.29, 0.717) is 0 Å². The van der Waals surface area contributed by atoms with E-state index in [2.05, 4.69) is 22.3 Å². The second-order valence-corrected chi connectivity index (χ2v) is 6.21. The number of benzene rings is 1. The van der Waals surface area contributed by atoms with Crippen LogP contribution in [0.15, 0.2) is 23.0 Å². The molecule has 0 aliphatic carbocycles. The molecule has 3 rings (SSSR count). The first-order valence-electron chi connectivity index (χ1n) is 8.32. The summed E-state index contributed by atoms with van der Waals surface area (Å²) in [6.45, 7) is 6.80. The van der Waals surface area contributed by atoms with Gasteiger partial charge in [-0.1, -0.05) is 6.07 Å². The zero-order chi connectivity index (χ0) is 16.2. The Labute approximate surface area is 160 Å². The van der Waals surface area contributed by atoms with Gasteiger partial charge in [0.25, 0.3) is 0 Å². The Morgan fingerprint density at radius 3 is 2.48 bits per heavy atom. The lowest BCUT2D eigenvalue weighted by atomic mass is 10.2. The minimum absolute atomic E-state index is 0. The lowest BCUT2D eigenvalue weighted by Gasteiger charge is -2.26. The SMILES string of the molecule is Cn1c(=O)n(C)c2cc(CNCCCN3CCOCC3)ccc21.[Cl-].[Cl-]. The second kappa shape index (κ2) is 10.2. The molecule has 1 aromatic carbocycles. The number of hydrogen-bond donors (Lipinski definition) is 1. The van der Waals surface area contributed by atoms with Gasteiger partial charge in [-0.3, -0.25) is 14.0 Å². The first-order valence-corrected chi connectivity index (χ1v) is 8.32. The maximum Gasteiger partial charge on any atom is 0.328 e. The molecule has 2 heterocycles. The molecular formula is C17H26Cl2N4O2-2. The zero-order valence-corrected chi connectivity index (χ0v) is 16.3. The molecule has 0 atom stereocenters. The Bertz CT molecular complexity index is 723. The van der Waals surface area contributed by atoms with Crippen LogP contribution in [0.5, 0.6) is 0 Å². The molecule has 0 spiro atoms. The molecule has 1 saturated heterocycles. The number of hydrogen-bond acceptors (Lipinski definition) is 4. The summed E-state index contributed by atoms with van der Waals surface area (Å²) in [6, 6.07) is 6.23. The van der Waals surface area contributed by atoms with Crippen LogP contribution in [0.2, 0.25) is 0 Å². The van der Waals surface area contributed by atoms with Crippen LogP contribution in [0.3, 0.4) is 0 Å². The summed E-state index contributed by atoms with van der Waals surface area (Å²) in [7, 11) is 3.64. The largest absolute Gasteiger partial charge is 1.00 e. The number of fused-ring (bicyclic) bond motifs is 1. The van der Waals surface area contributed by atoms with Crippen LogP contribution in [0, 0.1) is 0 Å². The molecule has 0 saturated carbocycles. The topological polar surface area (TPSA) is 51.4 Å². The van der Waals surface area contributed by atoms with Crippen molar-refractivity contribution in [3.05, 3.63) is 34.2 Å². The van der Waals surface area contributed by atoms with E-state index in [1.807, 2.05) is 20.2 Å². The van der Waals surface area contributed by atoms with E-state index < -0.39 is 0 Å². The summed E-state index contributed by atoms with van der Waals surface area (Å²) in [5.41, 5.74) is 3.21. The number of aryl methyl sites for hydroxylation is 2.